The van der Waals surface area contributed by atoms with Gasteiger partial charge in [0.05, 0.1) is 5.69 Å². The minimum atomic E-state index is 0.626. The Morgan fingerprint density at radius 2 is 1.07 bits per heavy atom. The summed E-state index contributed by atoms with van der Waals surface area (Å²) in [7, 11) is 0. The predicted octanol–water partition coefficient (Wildman–Crippen LogP) is 14.5. The Morgan fingerprint density at radius 3 is 1.96 bits per heavy atom. The first-order chi connectivity index (χ1) is 27.2. The second kappa shape index (κ2) is 12.6. The van der Waals surface area contributed by atoms with Gasteiger partial charge in [-0.15, -0.1) is 0 Å². The van der Waals surface area contributed by atoms with E-state index in [1.54, 1.807) is 0 Å². The monoisotopic (exact) mass is 704 g/mol. The Hall–Kier alpha value is -7.43. The van der Waals surface area contributed by atoms with Gasteiger partial charge in [-0.1, -0.05) is 127 Å². The van der Waals surface area contributed by atoms with Crippen molar-refractivity contribution in [1.82, 2.24) is 4.98 Å². The van der Waals surface area contributed by atoms with Crippen LogP contribution in [0.1, 0.15) is 0 Å². The second-order valence-corrected chi connectivity index (χ2v) is 13.9. The summed E-state index contributed by atoms with van der Waals surface area (Å²) in [5, 5.41) is 6.66. The molecule has 0 radical (unpaired) electrons. The zero-order valence-corrected chi connectivity index (χ0v) is 29.7. The first-order valence-electron chi connectivity index (χ1n) is 18.5. The van der Waals surface area contributed by atoms with E-state index in [9.17, 15) is 0 Å². The molecule has 258 valence electrons. The lowest BCUT2D eigenvalue weighted by atomic mass is 9.96. The number of aromatic nitrogens is 1. The molecule has 0 aliphatic carbocycles. The van der Waals surface area contributed by atoms with Crippen molar-refractivity contribution in [2.75, 3.05) is 4.90 Å². The van der Waals surface area contributed by atoms with Crippen LogP contribution in [0.25, 0.3) is 88.3 Å². The van der Waals surface area contributed by atoms with Crippen LogP contribution in [-0.2, 0) is 0 Å². The van der Waals surface area contributed by atoms with Gasteiger partial charge in [0.25, 0.3) is 0 Å². The molecule has 11 rings (SSSR count). The maximum absolute atomic E-state index is 6.54. The SMILES string of the molecule is c1ccc(-c2nc3ccc4ccc5ccc(-c6cccc(N(c7ccc8oc9ccccc9c8c7)c7ccccc7-c7ccccc7)c6)cc5c4c3o2)cc1. The van der Waals surface area contributed by atoms with E-state index in [2.05, 4.69) is 157 Å². The molecule has 0 unspecified atom stereocenters. The molecule has 2 heterocycles. The van der Waals surface area contributed by atoms with Crippen LogP contribution in [-0.4, -0.2) is 4.98 Å². The molecule has 0 atom stereocenters. The Kier molecular flexibility index (Phi) is 7.14. The van der Waals surface area contributed by atoms with Gasteiger partial charge in [0.1, 0.15) is 16.7 Å². The molecular formula is C51H32N2O2. The lowest BCUT2D eigenvalue weighted by Crippen LogP contribution is -2.11. The Labute approximate surface area is 317 Å². The molecule has 0 saturated carbocycles. The highest BCUT2D eigenvalue weighted by Gasteiger charge is 2.20. The van der Waals surface area contributed by atoms with Crippen molar-refractivity contribution < 1.29 is 8.83 Å². The number of hydrogen-bond acceptors (Lipinski definition) is 4. The molecule has 0 saturated heterocycles. The molecule has 4 heteroatoms. The summed E-state index contributed by atoms with van der Waals surface area (Å²) >= 11 is 0. The standard InChI is InChI=1S/C51H32N2O2/c1-3-12-33(13-4-1)41-18-7-9-20-46(41)53(40-27-29-48-44(32-40)42-19-8-10-21-47(42)54-48)39-17-11-16-37(30-39)38-25-23-34-22-24-35-26-28-45-50(49(35)43(34)31-38)55-51(52-45)36-14-5-2-6-15-36/h1-32H. The fraction of sp³-hybridized carbons (Fsp3) is 0. The maximum atomic E-state index is 6.54. The lowest BCUT2D eigenvalue weighted by molar-refractivity contribution is 0.623. The van der Waals surface area contributed by atoms with Crippen molar-refractivity contribution in [3.63, 3.8) is 0 Å². The third-order valence-electron chi connectivity index (χ3n) is 10.7. The van der Waals surface area contributed by atoms with Gasteiger partial charge in [0, 0.05) is 38.7 Å². The van der Waals surface area contributed by atoms with E-state index < -0.39 is 0 Å². The highest BCUT2D eigenvalue weighted by molar-refractivity contribution is 6.18. The summed E-state index contributed by atoms with van der Waals surface area (Å²) in [5.74, 6) is 0.626. The van der Waals surface area contributed by atoms with Gasteiger partial charge in [-0.2, -0.15) is 0 Å². The van der Waals surface area contributed by atoms with Crippen LogP contribution in [0.5, 0.6) is 0 Å². The van der Waals surface area contributed by atoms with Gasteiger partial charge in [-0.05, 0) is 99.6 Å². The zero-order valence-electron chi connectivity index (χ0n) is 29.7. The van der Waals surface area contributed by atoms with Crippen LogP contribution < -0.4 is 4.90 Å². The van der Waals surface area contributed by atoms with Gasteiger partial charge in [0.15, 0.2) is 5.58 Å². The Bertz CT molecular complexity index is 3220. The molecule has 4 nitrogen and oxygen atoms in total. The van der Waals surface area contributed by atoms with Crippen molar-refractivity contribution in [3.8, 4) is 33.7 Å². The normalized spacial score (nSPS) is 11.6. The smallest absolute Gasteiger partial charge is 0.227 e. The van der Waals surface area contributed by atoms with E-state index in [0.29, 0.717) is 5.89 Å². The minimum Gasteiger partial charge on any atom is -0.456 e. The first-order valence-corrected chi connectivity index (χ1v) is 18.5. The summed E-state index contributed by atoms with van der Waals surface area (Å²) < 4.78 is 12.8. The van der Waals surface area contributed by atoms with E-state index in [1.165, 1.54) is 0 Å². The second-order valence-electron chi connectivity index (χ2n) is 13.9. The fourth-order valence-electron chi connectivity index (χ4n) is 8.04. The van der Waals surface area contributed by atoms with Crippen molar-refractivity contribution >= 4 is 71.6 Å². The van der Waals surface area contributed by atoms with Crippen LogP contribution in [0.3, 0.4) is 0 Å². The van der Waals surface area contributed by atoms with Crippen molar-refractivity contribution in [2.45, 2.75) is 0 Å². The Balaban J connectivity index is 1.10. The molecule has 9 aromatic carbocycles. The number of rotatable bonds is 6. The zero-order chi connectivity index (χ0) is 36.3. The largest absolute Gasteiger partial charge is 0.456 e. The molecule has 11 aromatic rings. The van der Waals surface area contributed by atoms with Gasteiger partial charge in [0.2, 0.25) is 5.89 Å². The lowest BCUT2D eigenvalue weighted by Gasteiger charge is -2.28. The highest BCUT2D eigenvalue weighted by Crippen LogP contribution is 2.44. The quantitative estimate of drug-likeness (QED) is 0.162. The van der Waals surface area contributed by atoms with E-state index >= 15 is 0 Å². The Morgan fingerprint density at radius 1 is 0.400 bits per heavy atom. The third-order valence-corrected chi connectivity index (χ3v) is 10.7. The number of oxazole rings is 1. The van der Waals surface area contributed by atoms with Crippen LogP contribution in [0, 0.1) is 0 Å². The van der Waals surface area contributed by atoms with E-state index in [-0.39, 0.29) is 0 Å². The topological polar surface area (TPSA) is 42.4 Å². The number of nitrogens with zero attached hydrogens (tertiary/aromatic N) is 2. The molecule has 0 spiro atoms. The van der Waals surface area contributed by atoms with Crippen LogP contribution >= 0.6 is 0 Å². The third kappa shape index (κ3) is 5.26. The van der Waals surface area contributed by atoms with Crippen molar-refractivity contribution in [1.29, 1.82) is 0 Å². The van der Waals surface area contributed by atoms with E-state index in [0.717, 1.165) is 99.5 Å². The molecule has 0 aliphatic heterocycles. The average Bonchev–Trinajstić information content (AvgIpc) is 3.86. The summed E-state index contributed by atoms with van der Waals surface area (Å²) in [6, 6.07) is 68.2. The average molecular weight is 705 g/mol. The van der Waals surface area contributed by atoms with Crippen molar-refractivity contribution in [2.24, 2.45) is 0 Å². The number of fused-ring (bicyclic) bond motifs is 8. The number of hydrogen-bond donors (Lipinski definition) is 0. The van der Waals surface area contributed by atoms with Crippen LogP contribution in [0.15, 0.2) is 203 Å². The maximum Gasteiger partial charge on any atom is 0.227 e. The fourth-order valence-corrected chi connectivity index (χ4v) is 8.04. The van der Waals surface area contributed by atoms with Gasteiger partial charge < -0.3 is 13.7 Å². The van der Waals surface area contributed by atoms with Crippen molar-refractivity contribution in [3.05, 3.63) is 194 Å². The molecule has 0 aliphatic rings. The summed E-state index contributed by atoms with van der Waals surface area (Å²) in [4.78, 5) is 7.26. The molecule has 0 N–H and O–H groups in total. The first kappa shape index (κ1) is 31.1. The van der Waals surface area contributed by atoms with E-state index in [1.807, 2.05) is 42.5 Å². The van der Waals surface area contributed by atoms with Gasteiger partial charge in [-0.25, -0.2) is 4.98 Å². The highest BCUT2D eigenvalue weighted by atomic mass is 16.3. The van der Waals surface area contributed by atoms with Gasteiger partial charge >= 0.3 is 0 Å². The molecule has 0 bridgehead atoms. The van der Waals surface area contributed by atoms with Crippen LogP contribution in [0.4, 0.5) is 17.1 Å². The number of furan rings is 1. The molecule has 2 aromatic heterocycles. The van der Waals surface area contributed by atoms with E-state index in [4.69, 9.17) is 13.8 Å². The number of para-hydroxylation sites is 2. The summed E-state index contributed by atoms with van der Waals surface area (Å²) in [5.41, 5.74) is 12.1. The summed E-state index contributed by atoms with van der Waals surface area (Å²) in [6.45, 7) is 0. The summed E-state index contributed by atoms with van der Waals surface area (Å²) in [6.07, 6.45) is 0. The minimum absolute atomic E-state index is 0.626. The van der Waals surface area contributed by atoms with Gasteiger partial charge in [-0.3, -0.25) is 0 Å². The number of benzene rings is 9. The molecule has 0 fully saturated rings. The molecule has 0 amide bonds. The predicted molar refractivity (Wildman–Crippen MR) is 227 cm³/mol. The molecule has 55 heavy (non-hydrogen) atoms. The van der Waals surface area contributed by atoms with Crippen LogP contribution in [0.2, 0.25) is 0 Å². The molecular weight excluding hydrogens is 673 g/mol. The number of anilines is 3.